The fourth-order valence-electron chi connectivity index (χ4n) is 3.16. The maximum atomic E-state index is 6.30. The molecule has 1 heterocycles. The van der Waals surface area contributed by atoms with Crippen molar-refractivity contribution in [2.75, 3.05) is 18.6 Å². The van der Waals surface area contributed by atoms with Crippen LogP contribution in [0.1, 0.15) is 51.9 Å². The highest BCUT2D eigenvalue weighted by Crippen LogP contribution is 2.43. The normalized spacial score (nSPS) is 28.9. The summed E-state index contributed by atoms with van der Waals surface area (Å²) in [5.74, 6) is 1.25. The average Bonchev–Trinajstić information content (AvgIpc) is 2.95. The van der Waals surface area contributed by atoms with E-state index in [1.807, 2.05) is 11.8 Å². The molecule has 2 fully saturated rings. The molecule has 0 bridgehead atoms. The van der Waals surface area contributed by atoms with E-state index in [-0.39, 0.29) is 0 Å². The van der Waals surface area contributed by atoms with Gasteiger partial charge in [0, 0.05) is 12.6 Å². The first-order valence-electron chi connectivity index (χ1n) is 7.14. The molecule has 17 heavy (non-hydrogen) atoms. The van der Waals surface area contributed by atoms with E-state index in [0.717, 1.165) is 6.54 Å². The SMILES string of the molecule is CSCCC(C)NCC1CCC2(CCCC2)O1. The average molecular weight is 257 g/mol. The molecule has 2 aliphatic rings. The van der Waals surface area contributed by atoms with Crippen molar-refractivity contribution in [1.82, 2.24) is 5.32 Å². The van der Waals surface area contributed by atoms with Crippen molar-refractivity contribution < 1.29 is 4.74 Å². The minimum Gasteiger partial charge on any atom is -0.370 e. The number of hydrogen-bond acceptors (Lipinski definition) is 3. The summed E-state index contributed by atoms with van der Waals surface area (Å²) in [7, 11) is 0. The Bertz CT molecular complexity index is 228. The van der Waals surface area contributed by atoms with E-state index in [9.17, 15) is 0 Å². The quantitative estimate of drug-likeness (QED) is 0.789. The van der Waals surface area contributed by atoms with Crippen LogP contribution in [0.3, 0.4) is 0 Å². The molecular weight excluding hydrogens is 230 g/mol. The number of rotatable bonds is 6. The van der Waals surface area contributed by atoms with Crippen LogP contribution in [-0.4, -0.2) is 36.3 Å². The molecule has 1 aliphatic carbocycles. The lowest BCUT2D eigenvalue weighted by Gasteiger charge is -2.24. The molecule has 100 valence electrons. The molecule has 1 saturated carbocycles. The molecule has 0 radical (unpaired) electrons. The summed E-state index contributed by atoms with van der Waals surface area (Å²) in [6.45, 7) is 3.34. The highest BCUT2D eigenvalue weighted by molar-refractivity contribution is 7.98. The van der Waals surface area contributed by atoms with Gasteiger partial charge in [0.25, 0.3) is 0 Å². The van der Waals surface area contributed by atoms with E-state index in [2.05, 4.69) is 18.5 Å². The van der Waals surface area contributed by atoms with Crippen molar-refractivity contribution >= 4 is 11.8 Å². The summed E-state index contributed by atoms with van der Waals surface area (Å²) in [6.07, 6.45) is 11.9. The van der Waals surface area contributed by atoms with E-state index >= 15 is 0 Å². The molecule has 1 saturated heterocycles. The molecular formula is C14H27NOS. The van der Waals surface area contributed by atoms with Gasteiger partial charge in [-0.1, -0.05) is 12.8 Å². The van der Waals surface area contributed by atoms with Crippen molar-refractivity contribution in [2.24, 2.45) is 0 Å². The molecule has 0 amide bonds. The van der Waals surface area contributed by atoms with E-state index in [1.165, 1.54) is 50.7 Å². The van der Waals surface area contributed by atoms with Crippen molar-refractivity contribution in [2.45, 2.75) is 69.6 Å². The van der Waals surface area contributed by atoms with Crippen molar-refractivity contribution in [3.63, 3.8) is 0 Å². The smallest absolute Gasteiger partial charge is 0.0708 e. The molecule has 0 aromatic heterocycles. The number of ether oxygens (including phenoxy) is 1. The van der Waals surface area contributed by atoms with Crippen LogP contribution in [-0.2, 0) is 4.74 Å². The van der Waals surface area contributed by atoms with Crippen LogP contribution in [0.5, 0.6) is 0 Å². The van der Waals surface area contributed by atoms with Crippen molar-refractivity contribution in [3.8, 4) is 0 Å². The largest absolute Gasteiger partial charge is 0.370 e. The fourth-order valence-corrected chi connectivity index (χ4v) is 3.74. The highest BCUT2D eigenvalue weighted by atomic mass is 32.2. The van der Waals surface area contributed by atoms with Gasteiger partial charge in [-0.25, -0.2) is 0 Å². The van der Waals surface area contributed by atoms with Crippen LogP contribution in [0.4, 0.5) is 0 Å². The zero-order valence-electron chi connectivity index (χ0n) is 11.3. The zero-order chi connectivity index (χ0) is 12.1. The summed E-state index contributed by atoms with van der Waals surface area (Å²) < 4.78 is 6.30. The third-order valence-corrected chi connectivity index (χ3v) is 4.95. The molecule has 1 aliphatic heterocycles. The maximum Gasteiger partial charge on any atom is 0.0708 e. The lowest BCUT2D eigenvalue weighted by Crippen LogP contribution is -2.35. The summed E-state index contributed by atoms with van der Waals surface area (Å²) in [5, 5.41) is 3.63. The molecule has 2 nitrogen and oxygen atoms in total. The van der Waals surface area contributed by atoms with Crippen LogP contribution in [0.15, 0.2) is 0 Å². The topological polar surface area (TPSA) is 21.3 Å². The van der Waals surface area contributed by atoms with Gasteiger partial charge in [-0.2, -0.15) is 11.8 Å². The molecule has 0 aromatic carbocycles. The van der Waals surface area contributed by atoms with Gasteiger partial charge in [-0.05, 0) is 51.0 Å². The van der Waals surface area contributed by atoms with Crippen LogP contribution in [0.2, 0.25) is 0 Å². The molecule has 1 N–H and O–H groups in total. The second-order valence-corrected chi connectivity index (χ2v) is 6.75. The van der Waals surface area contributed by atoms with E-state index < -0.39 is 0 Å². The Morgan fingerprint density at radius 2 is 2.12 bits per heavy atom. The van der Waals surface area contributed by atoms with Crippen molar-refractivity contribution in [1.29, 1.82) is 0 Å². The van der Waals surface area contributed by atoms with Crippen molar-refractivity contribution in [3.05, 3.63) is 0 Å². The Morgan fingerprint density at radius 3 is 2.82 bits per heavy atom. The molecule has 1 spiro atoms. The second-order valence-electron chi connectivity index (χ2n) is 5.76. The number of nitrogens with one attached hydrogen (secondary N) is 1. The molecule has 3 heteroatoms. The summed E-state index contributed by atoms with van der Waals surface area (Å²) in [6, 6.07) is 0.631. The van der Waals surface area contributed by atoms with Crippen LogP contribution in [0, 0.1) is 0 Å². The summed E-state index contributed by atoms with van der Waals surface area (Å²) in [5.41, 5.74) is 0.300. The Balaban J connectivity index is 1.64. The van der Waals surface area contributed by atoms with Crippen LogP contribution >= 0.6 is 11.8 Å². The zero-order valence-corrected chi connectivity index (χ0v) is 12.2. The third-order valence-electron chi connectivity index (χ3n) is 4.30. The monoisotopic (exact) mass is 257 g/mol. The molecule has 0 aromatic rings. The van der Waals surface area contributed by atoms with E-state index in [0.29, 0.717) is 17.7 Å². The Hall–Kier alpha value is 0.270. The van der Waals surface area contributed by atoms with Gasteiger partial charge in [-0.3, -0.25) is 0 Å². The van der Waals surface area contributed by atoms with E-state index in [1.54, 1.807) is 0 Å². The van der Waals surface area contributed by atoms with Gasteiger partial charge >= 0.3 is 0 Å². The second kappa shape index (κ2) is 6.44. The maximum absolute atomic E-state index is 6.30. The van der Waals surface area contributed by atoms with Crippen LogP contribution in [0.25, 0.3) is 0 Å². The minimum absolute atomic E-state index is 0.300. The standard InChI is InChI=1S/C14H27NOS/c1-12(6-10-17-2)15-11-13-5-9-14(16-13)7-3-4-8-14/h12-13,15H,3-11H2,1-2H3. The predicted molar refractivity (Wildman–Crippen MR) is 75.8 cm³/mol. The lowest BCUT2D eigenvalue weighted by molar-refractivity contribution is -0.0357. The molecule has 2 unspecified atom stereocenters. The Kier molecular flexibility index (Phi) is 5.19. The summed E-state index contributed by atoms with van der Waals surface area (Å²) in [4.78, 5) is 0. The Labute approximate surface area is 110 Å². The van der Waals surface area contributed by atoms with E-state index in [4.69, 9.17) is 4.74 Å². The first-order valence-corrected chi connectivity index (χ1v) is 8.54. The van der Waals surface area contributed by atoms with Gasteiger partial charge < -0.3 is 10.1 Å². The van der Waals surface area contributed by atoms with Crippen LogP contribution < -0.4 is 5.32 Å². The predicted octanol–water partition coefficient (Wildman–Crippen LogP) is 3.21. The number of hydrogen-bond donors (Lipinski definition) is 1. The fraction of sp³-hybridized carbons (Fsp3) is 1.00. The van der Waals surface area contributed by atoms with Gasteiger partial charge in [0.1, 0.15) is 0 Å². The molecule has 2 atom stereocenters. The number of thioether (sulfide) groups is 1. The lowest BCUT2D eigenvalue weighted by atomic mass is 9.98. The highest BCUT2D eigenvalue weighted by Gasteiger charge is 2.41. The Morgan fingerprint density at radius 1 is 1.35 bits per heavy atom. The minimum atomic E-state index is 0.300. The third kappa shape index (κ3) is 3.87. The molecule has 2 rings (SSSR count). The first kappa shape index (κ1) is 13.7. The van der Waals surface area contributed by atoms with Gasteiger partial charge in [0.05, 0.1) is 11.7 Å². The van der Waals surface area contributed by atoms with Gasteiger partial charge in [0.2, 0.25) is 0 Å². The van der Waals surface area contributed by atoms with Gasteiger partial charge in [0.15, 0.2) is 0 Å². The first-order chi connectivity index (χ1) is 8.24. The summed E-state index contributed by atoms with van der Waals surface area (Å²) >= 11 is 1.93. The van der Waals surface area contributed by atoms with Gasteiger partial charge in [-0.15, -0.1) is 0 Å².